The Morgan fingerprint density at radius 2 is 1.73 bits per heavy atom. The molecule has 86 valence electrons. The van der Waals surface area contributed by atoms with Crippen LogP contribution < -0.4 is 0 Å². The van der Waals surface area contributed by atoms with E-state index in [0.717, 1.165) is 0 Å². The van der Waals surface area contributed by atoms with Gasteiger partial charge in [0.1, 0.15) is 24.4 Å². The monoisotopic (exact) mass is 235 g/mol. The third-order valence-corrected chi connectivity index (χ3v) is 2.22. The molecular formula is C8H13NO5S. The summed E-state index contributed by atoms with van der Waals surface area (Å²) in [5.74, 6) is 0. The number of rotatable bonds is 6. The zero-order valence-electron chi connectivity index (χ0n) is 7.82. The lowest BCUT2D eigenvalue weighted by Gasteiger charge is -2.25. The van der Waals surface area contributed by atoms with Gasteiger partial charge in [-0.1, -0.05) is 12.2 Å². The van der Waals surface area contributed by atoms with E-state index in [0.29, 0.717) is 0 Å². The predicted octanol–water partition coefficient (Wildman–Crippen LogP) is -2.29. The van der Waals surface area contributed by atoms with E-state index in [9.17, 15) is 15.3 Å². The molecule has 0 spiro atoms. The van der Waals surface area contributed by atoms with Gasteiger partial charge >= 0.3 is 0 Å². The van der Waals surface area contributed by atoms with Gasteiger partial charge in [-0.25, -0.2) is 0 Å². The number of hydrogen-bond acceptors (Lipinski definition) is 7. The molecule has 5 N–H and O–H groups in total. The minimum atomic E-state index is -1.73. The number of nitriles is 1. The summed E-state index contributed by atoms with van der Waals surface area (Å²) < 4.78 is 0. The molecule has 0 aromatic heterocycles. The lowest BCUT2D eigenvalue weighted by atomic mass is 10.00. The molecule has 15 heavy (non-hydrogen) atoms. The van der Waals surface area contributed by atoms with Gasteiger partial charge in [0.25, 0.3) is 0 Å². The van der Waals surface area contributed by atoms with E-state index in [1.54, 1.807) is 6.07 Å². The summed E-state index contributed by atoms with van der Waals surface area (Å²) in [4.78, 5) is -0.130. The zero-order chi connectivity index (χ0) is 12.0. The second kappa shape index (κ2) is 6.79. The normalized spacial score (nSPS) is 18.7. The van der Waals surface area contributed by atoms with Crippen molar-refractivity contribution in [3.63, 3.8) is 0 Å². The van der Waals surface area contributed by atoms with Crippen molar-refractivity contribution in [3.05, 3.63) is 0 Å². The third kappa shape index (κ3) is 4.17. The molecule has 0 unspecified atom stereocenters. The second-order valence-corrected chi connectivity index (χ2v) is 3.50. The van der Waals surface area contributed by atoms with Crippen LogP contribution in [-0.4, -0.2) is 61.4 Å². The van der Waals surface area contributed by atoms with Crippen LogP contribution in [0.2, 0.25) is 0 Å². The SMILES string of the molecule is N#CCC(=S)[C@@H](O)[C@@H](O)[C@H](O)[C@H](O)CO. The highest BCUT2D eigenvalue weighted by Gasteiger charge is 2.31. The Labute approximate surface area is 92.0 Å². The Hall–Kier alpha value is -0.620. The van der Waals surface area contributed by atoms with E-state index < -0.39 is 31.0 Å². The molecule has 4 atom stereocenters. The topological polar surface area (TPSA) is 125 Å². The van der Waals surface area contributed by atoms with Crippen molar-refractivity contribution in [2.45, 2.75) is 30.8 Å². The summed E-state index contributed by atoms with van der Waals surface area (Å²) in [7, 11) is 0. The summed E-state index contributed by atoms with van der Waals surface area (Å²) in [6, 6.07) is 1.68. The molecule has 0 aliphatic carbocycles. The van der Waals surface area contributed by atoms with Crippen LogP contribution in [0.15, 0.2) is 0 Å². The summed E-state index contributed by atoms with van der Waals surface area (Å²) in [5, 5.41) is 53.6. The molecule has 0 aromatic carbocycles. The Bertz CT molecular complexity index is 254. The first-order valence-electron chi connectivity index (χ1n) is 4.18. The first-order chi connectivity index (χ1) is 6.95. The van der Waals surface area contributed by atoms with Gasteiger partial charge in [0.15, 0.2) is 0 Å². The van der Waals surface area contributed by atoms with Gasteiger partial charge in [-0.15, -0.1) is 0 Å². The zero-order valence-corrected chi connectivity index (χ0v) is 8.63. The van der Waals surface area contributed by atoms with Crippen molar-refractivity contribution in [1.29, 1.82) is 5.26 Å². The van der Waals surface area contributed by atoms with Gasteiger partial charge in [0.05, 0.1) is 19.1 Å². The van der Waals surface area contributed by atoms with Crippen molar-refractivity contribution in [1.82, 2.24) is 0 Å². The minimum Gasteiger partial charge on any atom is -0.394 e. The molecule has 0 saturated heterocycles. The lowest BCUT2D eigenvalue weighted by Crippen LogP contribution is -2.48. The fourth-order valence-corrected chi connectivity index (χ4v) is 1.10. The van der Waals surface area contributed by atoms with Crippen LogP contribution in [0.5, 0.6) is 0 Å². The van der Waals surface area contributed by atoms with E-state index in [4.69, 9.17) is 15.5 Å². The fourth-order valence-electron chi connectivity index (χ4n) is 0.895. The summed E-state index contributed by atoms with van der Waals surface area (Å²) >= 11 is 4.61. The highest BCUT2D eigenvalue weighted by Crippen LogP contribution is 2.08. The van der Waals surface area contributed by atoms with Gasteiger partial charge in [-0.05, 0) is 0 Å². The molecule has 0 aromatic rings. The third-order valence-electron chi connectivity index (χ3n) is 1.84. The number of thiocarbonyl (C=S) groups is 1. The van der Waals surface area contributed by atoms with E-state index in [-0.39, 0.29) is 11.3 Å². The van der Waals surface area contributed by atoms with E-state index >= 15 is 0 Å². The highest BCUT2D eigenvalue weighted by atomic mass is 32.1. The number of aliphatic hydroxyl groups is 5. The maximum Gasteiger partial charge on any atom is 0.115 e. The molecule has 0 aliphatic heterocycles. The standard InChI is InChI=1S/C8H13NO5S/c9-2-1-5(15)7(13)8(14)6(12)4(11)3-10/h4,6-8,10-14H,1,3H2/t4-,6-,7-,8+/m1/s1. The summed E-state index contributed by atoms with van der Waals surface area (Å²) in [6.07, 6.45) is -6.85. The Morgan fingerprint density at radius 1 is 1.20 bits per heavy atom. The maximum absolute atomic E-state index is 9.34. The smallest absolute Gasteiger partial charge is 0.115 e. The first-order valence-corrected chi connectivity index (χ1v) is 4.59. The molecule has 7 heteroatoms. The van der Waals surface area contributed by atoms with Gasteiger partial charge in [0.2, 0.25) is 0 Å². The second-order valence-electron chi connectivity index (χ2n) is 2.98. The van der Waals surface area contributed by atoms with Gasteiger partial charge in [-0.2, -0.15) is 5.26 Å². The van der Waals surface area contributed by atoms with Gasteiger partial charge < -0.3 is 25.5 Å². The Balaban J connectivity index is 4.37. The summed E-state index contributed by atoms with van der Waals surface area (Å²) in [5.41, 5.74) is 0. The lowest BCUT2D eigenvalue weighted by molar-refractivity contribution is -0.101. The van der Waals surface area contributed by atoms with Crippen molar-refractivity contribution in [3.8, 4) is 6.07 Å². The molecule has 0 heterocycles. The Morgan fingerprint density at radius 3 is 2.13 bits per heavy atom. The molecule has 6 nitrogen and oxygen atoms in total. The largest absolute Gasteiger partial charge is 0.394 e. The van der Waals surface area contributed by atoms with Crippen molar-refractivity contribution < 1.29 is 25.5 Å². The average Bonchev–Trinajstić information content (AvgIpc) is 2.25. The quantitative estimate of drug-likeness (QED) is 0.328. The molecule has 0 aliphatic rings. The van der Waals surface area contributed by atoms with Gasteiger partial charge in [0, 0.05) is 4.86 Å². The van der Waals surface area contributed by atoms with E-state index in [2.05, 4.69) is 12.2 Å². The summed E-state index contributed by atoms with van der Waals surface area (Å²) in [6.45, 7) is -0.754. The van der Waals surface area contributed by atoms with E-state index in [1.165, 1.54) is 0 Å². The van der Waals surface area contributed by atoms with Crippen LogP contribution >= 0.6 is 12.2 Å². The molecule has 0 radical (unpaired) electrons. The number of nitrogens with zero attached hydrogens (tertiary/aromatic N) is 1. The van der Waals surface area contributed by atoms with Crippen LogP contribution in [0.4, 0.5) is 0 Å². The molecule has 0 fully saturated rings. The maximum atomic E-state index is 9.34. The van der Waals surface area contributed by atoms with Crippen LogP contribution in [0, 0.1) is 11.3 Å². The number of aliphatic hydroxyl groups excluding tert-OH is 5. The first kappa shape index (κ1) is 14.4. The number of hydrogen-bond donors (Lipinski definition) is 5. The highest BCUT2D eigenvalue weighted by molar-refractivity contribution is 7.80. The molecule has 0 amide bonds. The van der Waals surface area contributed by atoms with Crippen molar-refractivity contribution in [2.24, 2.45) is 0 Å². The van der Waals surface area contributed by atoms with Gasteiger partial charge in [-0.3, -0.25) is 0 Å². The van der Waals surface area contributed by atoms with E-state index in [1.807, 2.05) is 0 Å². The average molecular weight is 235 g/mol. The van der Waals surface area contributed by atoms with Crippen LogP contribution in [-0.2, 0) is 0 Å². The molecular weight excluding hydrogens is 222 g/mol. The van der Waals surface area contributed by atoms with Crippen LogP contribution in [0.1, 0.15) is 6.42 Å². The van der Waals surface area contributed by atoms with Crippen LogP contribution in [0.25, 0.3) is 0 Å². The van der Waals surface area contributed by atoms with Crippen molar-refractivity contribution in [2.75, 3.05) is 6.61 Å². The molecule has 0 bridgehead atoms. The predicted molar refractivity (Wildman–Crippen MR) is 53.9 cm³/mol. The Kier molecular flexibility index (Phi) is 6.51. The molecule has 0 rings (SSSR count). The minimum absolute atomic E-state index is 0.130. The molecule has 0 saturated carbocycles. The fraction of sp³-hybridized carbons (Fsp3) is 0.750. The van der Waals surface area contributed by atoms with Crippen LogP contribution in [0.3, 0.4) is 0 Å². The van der Waals surface area contributed by atoms with Crippen molar-refractivity contribution >= 4 is 17.1 Å².